The molecule has 0 radical (unpaired) electrons. The molecular weight excluding hydrogens is 360 g/mol. The van der Waals surface area contributed by atoms with E-state index in [9.17, 15) is 9.59 Å². The van der Waals surface area contributed by atoms with Gasteiger partial charge in [-0.15, -0.1) is 0 Å². The van der Waals surface area contributed by atoms with E-state index in [4.69, 9.17) is 5.73 Å². The summed E-state index contributed by atoms with van der Waals surface area (Å²) in [6.07, 6.45) is 0. The Bertz CT molecular complexity index is 884. The van der Waals surface area contributed by atoms with Crippen molar-refractivity contribution in [2.24, 2.45) is 0 Å². The van der Waals surface area contributed by atoms with Crippen LogP contribution in [0.5, 0.6) is 0 Å². The first kappa shape index (κ1) is 15.5. The minimum atomic E-state index is -0.478. The van der Waals surface area contributed by atoms with Crippen LogP contribution >= 0.6 is 15.9 Å². The van der Waals surface area contributed by atoms with Crippen LogP contribution in [0.15, 0.2) is 44.8 Å². The van der Waals surface area contributed by atoms with E-state index < -0.39 is 5.92 Å². The maximum absolute atomic E-state index is 12.5. The second kappa shape index (κ2) is 5.66. The van der Waals surface area contributed by atoms with Crippen LogP contribution in [-0.4, -0.2) is 15.8 Å². The summed E-state index contributed by atoms with van der Waals surface area (Å²) in [4.78, 5) is 31.3. The van der Waals surface area contributed by atoms with Gasteiger partial charge in [0, 0.05) is 21.7 Å². The van der Waals surface area contributed by atoms with Gasteiger partial charge in [-0.25, -0.2) is 0 Å². The summed E-state index contributed by atoms with van der Waals surface area (Å²) in [6, 6.07) is 7.53. The van der Waals surface area contributed by atoms with Crippen molar-refractivity contribution >= 4 is 33.5 Å². The van der Waals surface area contributed by atoms with Gasteiger partial charge in [0.2, 0.25) is 5.95 Å². The van der Waals surface area contributed by atoms with Gasteiger partial charge in [0.15, 0.2) is 5.78 Å². The van der Waals surface area contributed by atoms with Gasteiger partial charge in [0.25, 0.3) is 5.56 Å². The van der Waals surface area contributed by atoms with Crippen molar-refractivity contribution in [1.29, 1.82) is 0 Å². The summed E-state index contributed by atoms with van der Waals surface area (Å²) >= 11 is 3.39. The smallest absolute Gasteiger partial charge is 0.258 e. The molecule has 2 heterocycles. The minimum Gasteiger partial charge on any atom is -0.369 e. The molecule has 0 saturated carbocycles. The number of fused-ring (bicyclic) bond motifs is 1. The second-order valence-electron chi connectivity index (χ2n) is 5.42. The van der Waals surface area contributed by atoms with Crippen LogP contribution in [-0.2, 0) is 4.79 Å². The van der Waals surface area contributed by atoms with Crippen LogP contribution < -0.4 is 16.6 Å². The number of nitrogens with two attached hydrogens (primary N) is 1. The number of ketones is 1. The molecule has 0 bridgehead atoms. The van der Waals surface area contributed by atoms with Crippen molar-refractivity contribution in [3.05, 3.63) is 61.5 Å². The zero-order valence-electron chi connectivity index (χ0n) is 12.6. The zero-order valence-corrected chi connectivity index (χ0v) is 14.2. The molecule has 7 heteroatoms. The van der Waals surface area contributed by atoms with E-state index in [2.05, 4.69) is 31.2 Å². The molecule has 1 aliphatic heterocycles. The van der Waals surface area contributed by atoms with Gasteiger partial charge in [0.1, 0.15) is 5.82 Å². The fourth-order valence-electron chi connectivity index (χ4n) is 2.92. The first-order valence-electron chi connectivity index (χ1n) is 7.02. The van der Waals surface area contributed by atoms with Gasteiger partial charge < -0.3 is 11.1 Å². The third-order valence-electron chi connectivity index (χ3n) is 3.84. The largest absolute Gasteiger partial charge is 0.369 e. The summed E-state index contributed by atoms with van der Waals surface area (Å²) in [6.45, 7) is 3.29. The topological polar surface area (TPSA) is 101 Å². The monoisotopic (exact) mass is 374 g/mol. The van der Waals surface area contributed by atoms with Crippen molar-refractivity contribution in [3.8, 4) is 0 Å². The van der Waals surface area contributed by atoms with E-state index >= 15 is 0 Å². The number of halogens is 1. The SMILES string of the molecule is CC(=O)C1=C(C)Nc2nc(N)[nH]c(=O)c2C1c1ccc(Br)cc1. The Morgan fingerprint density at radius 3 is 2.57 bits per heavy atom. The van der Waals surface area contributed by atoms with Gasteiger partial charge in [0.05, 0.1) is 5.56 Å². The maximum Gasteiger partial charge on any atom is 0.258 e. The van der Waals surface area contributed by atoms with Gasteiger partial charge in [-0.1, -0.05) is 28.1 Å². The first-order valence-corrected chi connectivity index (χ1v) is 7.81. The summed E-state index contributed by atoms with van der Waals surface area (Å²) in [5, 5.41) is 3.02. The Labute approximate surface area is 141 Å². The summed E-state index contributed by atoms with van der Waals surface area (Å²) in [5.41, 5.74) is 7.76. The number of nitrogens with one attached hydrogen (secondary N) is 2. The Kier molecular flexibility index (Phi) is 3.81. The molecule has 0 saturated heterocycles. The summed E-state index contributed by atoms with van der Waals surface area (Å²) in [5.74, 6) is -0.143. The standard InChI is InChI=1S/C16H15BrN4O2/c1-7-11(8(2)22)12(9-3-5-10(17)6-4-9)13-14(19-7)20-16(18)21-15(13)23/h3-6,12H,1-2H3,(H4,18,19,20,21,23). The average Bonchev–Trinajstić information content (AvgIpc) is 2.45. The highest BCUT2D eigenvalue weighted by atomic mass is 79.9. The molecule has 1 atom stereocenters. The van der Waals surface area contributed by atoms with Crippen molar-refractivity contribution in [3.63, 3.8) is 0 Å². The molecule has 0 aliphatic carbocycles. The van der Waals surface area contributed by atoms with Gasteiger partial charge in [-0.3, -0.25) is 14.6 Å². The molecular formula is C16H15BrN4O2. The molecule has 2 aromatic rings. The number of benzene rings is 1. The van der Waals surface area contributed by atoms with E-state index in [0.29, 0.717) is 22.7 Å². The second-order valence-corrected chi connectivity index (χ2v) is 6.33. The number of aromatic nitrogens is 2. The highest BCUT2D eigenvalue weighted by Crippen LogP contribution is 2.39. The molecule has 0 amide bonds. The average molecular weight is 375 g/mol. The van der Waals surface area contributed by atoms with Gasteiger partial charge >= 0.3 is 0 Å². The van der Waals surface area contributed by atoms with E-state index in [0.717, 1.165) is 10.0 Å². The van der Waals surface area contributed by atoms with E-state index in [-0.39, 0.29) is 17.3 Å². The van der Waals surface area contributed by atoms with Crippen LogP contribution in [0, 0.1) is 0 Å². The van der Waals surface area contributed by atoms with Crippen LogP contribution in [0.4, 0.5) is 11.8 Å². The molecule has 3 rings (SSSR count). The lowest BCUT2D eigenvalue weighted by Crippen LogP contribution is -2.30. The summed E-state index contributed by atoms with van der Waals surface area (Å²) in [7, 11) is 0. The normalized spacial score (nSPS) is 16.7. The number of nitrogens with zero attached hydrogens (tertiary/aromatic N) is 1. The molecule has 4 N–H and O–H groups in total. The Morgan fingerprint density at radius 1 is 1.30 bits per heavy atom. The number of aromatic amines is 1. The summed E-state index contributed by atoms with van der Waals surface area (Å²) < 4.78 is 0.921. The number of hydrogen-bond donors (Lipinski definition) is 3. The van der Waals surface area contributed by atoms with Crippen LogP contribution in [0.2, 0.25) is 0 Å². The zero-order chi connectivity index (χ0) is 16.7. The fourth-order valence-corrected chi connectivity index (χ4v) is 3.19. The maximum atomic E-state index is 12.5. The molecule has 0 fully saturated rings. The molecule has 118 valence electrons. The highest BCUT2D eigenvalue weighted by Gasteiger charge is 2.33. The third-order valence-corrected chi connectivity index (χ3v) is 4.37. The number of hydrogen-bond acceptors (Lipinski definition) is 5. The number of rotatable bonds is 2. The molecule has 1 aliphatic rings. The van der Waals surface area contributed by atoms with Crippen molar-refractivity contribution in [2.45, 2.75) is 19.8 Å². The number of carbonyl (C=O) groups excluding carboxylic acids is 1. The lowest BCUT2D eigenvalue weighted by molar-refractivity contribution is -0.113. The fraction of sp³-hybridized carbons (Fsp3) is 0.188. The van der Waals surface area contributed by atoms with E-state index in [1.54, 1.807) is 6.92 Å². The first-order chi connectivity index (χ1) is 10.9. The van der Waals surface area contributed by atoms with E-state index in [1.807, 2.05) is 24.3 Å². The molecule has 1 unspecified atom stereocenters. The Morgan fingerprint density at radius 2 is 1.96 bits per heavy atom. The van der Waals surface area contributed by atoms with Crippen molar-refractivity contribution in [1.82, 2.24) is 9.97 Å². The number of allylic oxidation sites excluding steroid dienone is 2. The quantitative estimate of drug-likeness (QED) is 0.749. The highest BCUT2D eigenvalue weighted by molar-refractivity contribution is 9.10. The van der Waals surface area contributed by atoms with Gasteiger partial charge in [-0.05, 0) is 31.5 Å². The van der Waals surface area contributed by atoms with Crippen LogP contribution in [0.25, 0.3) is 0 Å². The molecule has 6 nitrogen and oxygen atoms in total. The number of Topliss-reactive ketones (excluding diaryl/α,β-unsaturated/α-hetero) is 1. The predicted octanol–water partition coefficient (Wildman–Crippen LogP) is 2.54. The predicted molar refractivity (Wildman–Crippen MR) is 92.3 cm³/mol. The van der Waals surface area contributed by atoms with Gasteiger partial charge in [-0.2, -0.15) is 4.98 Å². The van der Waals surface area contributed by atoms with Crippen molar-refractivity contribution < 1.29 is 4.79 Å². The Hall–Kier alpha value is -2.41. The third kappa shape index (κ3) is 2.68. The van der Waals surface area contributed by atoms with Crippen molar-refractivity contribution in [2.75, 3.05) is 11.1 Å². The number of nitrogen functional groups attached to an aromatic ring is 1. The number of carbonyl (C=O) groups is 1. The van der Waals surface area contributed by atoms with Crippen LogP contribution in [0.1, 0.15) is 30.9 Å². The molecule has 23 heavy (non-hydrogen) atoms. The Balaban J connectivity index is 2.31. The lowest BCUT2D eigenvalue weighted by Gasteiger charge is -2.28. The number of anilines is 2. The van der Waals surface area contributed by atoms with Crippen LogP contribution in [0.3, 0.4) is 0 Å². The lowest BCUT2D eigenvalue weighted by atomic mass is 9.81. The van der Waals surface area contributed by atoms with E-state index in [1.165, 1.54) is 6.92 Å². The number of H-pyrrole nitrogens is 1. The molecule has 1 aromatic carbocycles. The minimum absolute atomic E-state index is 0.0369. The molecule has 0 spiro atoms. The molecule has 1 aromatic heterocycles.